The topological polar surface area (TPSA) is 28.7 Å². The van der Waals surface area contributed by atoms with Crippen LogP contribution in [0.3, 0.4) is 0 Å². The second-order valence-electron chi connectivity index (χ2n) is 5.76. The van der Waals surface area contributed by atoms with Crippen molar-refractivity contribution < 1.29 is 0 Å². The first kappa shape index (κ1) is 14.0. The van der Waals surface area contributed by atoms with Crippen LogP contribution in [-0.4, -0.2) is 9.97 Å². The molecule has 0 aromatic carbocycles. The van der Waals surface area contributed by atoms with Gasteiger partial charge in [-0.1, -0.05) is 47.6 Å². The minimum atomic E-state index is 0.0779. The zero-order valence-corrected chi connectivity index (χ0v) is 12.0. The highest BCUT2D eigenvalue weighted by Crippen LogP contribution is 2.29. The lowest BCUT2D eigenvalue weighted by molar-refractivity contribution is 0.568. The maximum atomic E-state index is 4.76. The van der Waals surface area contributed by atoms with Crippen LogP contribution >= 0.6 is 0 Å². The van der Waals surface area contributed by atoms with Crippen LogP contribution in [0.15, 0.2) is 6.58 Å². The zero-order chi connectivity index (χ0) is 13.1. The quantitative estimate of drug-likeness (QED) is 0.800. The summed E-state index contributed by atoms with van der Waals surface area (Å²) in [6.07, 6.45) is 4.31. The SMILES string of the molecule is C=C(CCC)c1[nH]c(CCC)nc1C(C)(C)C. The summed E-state index contributed by atoms with van der Waals surface area (Å²) in [5.41, 5.74) is 3.60. The van der Waals surface area contributed by atoms with Crippen LogP contribution in [0.25, 0.3) is 5.57 Å². The molecule has 17 heavy (non-hydrogen) atoms. The van der Waals surface area contributed by atoms with Gasteiger partial charge < -0.3 is 4.98 Å². The third kappa shape index (κ3) is 3.45. The van der Waals surface area contributed by atoms with E-state index in [0.717, 1.165) is 31.5 Å². The van der Waals surface area contributed by atoms with Gasteiger partial charge in [0.25, 0.3) is 0 Å². The van der Waals surface area contributed by atoms with Crippen molar-refractivity contribution in [2.45, 2.75) is 65.7 Å². The van der Waals surface area contributed by atoms with Crippen LogP contribution in [0.1, 0.15) is 71.1 Å². The normalized spacial score (nSPS) is 11.8. The molecule has 0 fully saturated rings. The van der Waals surface area contributed by atoms with Gasteiger partial charge in [-0.05, 0) is 18.4 Å². The molecule has 1 aromatic rings. The Bertz CT molecular complexity index is 380. The monoisotopic (exact) mass is 234 g/mol. The summed E-state index contributed by atoms with van der Waals surface area (Å²) < 4.78 is 0. The molecule has 0 radical (unpaired) electrons. The van der Waals surface area contributed by atoms with Crippen LogP contribution in [0, 0.1) is 0 Å². The number of rotatable bonds is 5. The van der Waals surface area contributed by atoms with Gasteiger partial charge in [-0.25, -0.2) is 4.98 Å². The van der Waals surface area contributed by atoms with Crippen molar-refractivity contribution in [3.8, 4) is 0 Å². The number of allylic oxidation sites excluding steroid dienone is 1. The standard InChI is InChI=1S/C15H26N2/c1-7-9-11(3)13-14(15(4,5)6)17-12(16-13)10-8-2/h3,7-10H2,1-2,4-6H3,(H,16,17). The molecule has 2 heteroatoms. The Kier molecular flexibility index (Phi) is 4.55. The van der Waals surface area contributed by atoms with E-state index in [0.29, 0.717) is 0 Å². The van der Waals surface area contributed by atoms with Crippen molar-refractivity contribution in [1.82, 2.24) is 9.97 Å². The molecule has 0 saturated carbocycles. The lowest BCUT2D eigenvalue weighted by Crippen LogP contribution is -2.14. The van der Waals surface area contributed by atoms with E-state index >= 15 is 0 Å². The van der Waals surface area contributed by atoms with E-state index < -0.39 is 0 Å². The molecule has 2 nitrogen and oxygen atoms in total. The first-order valence-corrected chi connectivity index (χ1v) is 6.67. The van der Waals surface area contributed by atoms with Gasteiger partial charge in [0.15, 0.2) is 0 Å². The average molecular weight is 234 g/mol. The molecule has 1 rings (SSSR count). The Morgan fingerprint density at radius 2 is 1.88 bits per heavy atom. The Labute approximate surface area is 106 Å². The second kappa shape index (κ2) is 5.52. The summed E-state index contributed by atoms with van der Waals surface area (Å²) in [4.78, 5) is 8.22. The van der Waals surface area contributed by atoms with Crippen molar-refractivity contribution >= 4 is 5.57 Å². The predicted octanol–water partition coefficient (Wildman–Crippen LogP) is 4.47. The van der Waals surface area contributed by atoms with Crippen LogP contribution < -0.4 is 0 Å². The van der Waals surface area contributed by atoms with Crippen LogP contribution in [-0.2, 0) is 11.8 Å². The molecule has 0 bridgehead atoms. The number of imidazole rings is 1. The Morgan fingerprint density at radius 3 is 2.35 bits per heavy atom. The molecule has 0 aliphatic heterocycles. The molecular formula is C15H26N2. The Morgan fingerprint density at radius 1 is 1.24 bits per heavy atom. The highest BCUT2D eigenvalue weighted by Gasteiger charge is 2.23. The third-order valence-corrected chi connectivity index (χ3v) is 2.86. The number of hydrogen-bond donors (Lipinski definition) is 1. The van der Waals surface area contributed by atoms with Gasteiger partial charge >= 0.3 is 0 Å². The molecular weight excluding hydrogens is 208 g/mol. The van der Waals surface area contributed by atoms with Crippen LogP contribution in [0.5, 0.6) is 0 Å². The Balaban J connectivity index is 3.12. The maximum absolute atomic E-state index is 4.76. The molecule has 96 valence electrons. The largest absolute Gasteiger partial charge is 0.342 e. The summed E-state index contributed by atoms with van der Waals surface area (Å²) in [7, 11) is 0. The summed E-state index contributed by atoms with van der Waals surface area (Å²) in [6.45, 7) is 15.2. The van der Waals surface area contributed by atoms with Crippen LogP contribution in [0.4, 0.5) is 0 Å². The van der Waals surface area contributed by atoms with Crippen molar-refractivity contribution in [2.75, 3.05) is 0 Å². The second-order valence-corrected chi connectivity index (χ2v) is 5.76. The number of hydrogen-bond acceptors (Lipinski definition) is 1. The fourth-order valence-corrected chi connectivity index (χ4v) is 2.00. The first-order valence-electron chi connectivity index (χ1n) is 6.67. The molecule has 0 unspecified atom stereocenters. The van der Waals surface area contributed by atoms with Crippen molar-refractivity contribution in [2.24, 2.45) is 0 Å². The molecule has 0 aliphatic carbocycles. The molecule has 1 N–H and O–H groups in total. The zero-order valence-electron chi connectivity index (χ0n) is 12.0. The summed E-state index contributed by atoms with van der Waals surface area (Å²) >= 11 is 0. The van der Waals surface area contributed by atoms with E-state index in [1.54, 1.807) is 0 Å². The lowest BCUT2D eigenvalue weighted by Gasteiger charge is -2.18. The fourth-order valence-electron chi connectivity index (χ4n) is 2.00. The van der Waals surface area contributed by atoms with E-state index in [-0.39, 0.29) is 5.41 Å². The highest BCUT2D eigenvalue weighted by atomic mass is 14.9. The molecule has 0 amide bonds. The number of H-pyrrole nitrogens is 1. The van der Waals surface area contributed by atoms with Gasteiger partial charge in [0.2, 0.25) is 0 Å². The number of aromatic nitrogens is 2. The van der Waals surface area contributed by atoms with E-state index in [4.69, 9.17) is 4.98 Å². The van der Waals surface area contributed by atoms with E-state index in [1.807, 2.05) is 0 Å². The molecule has 1 aromatic heterocycles. The highest BCUT2D eigenvalue weighted by molar-refractivity contribution is 5.63. The molecule has 0 atom stereocenters. The van der Waals surface area contributed by atoms with Crippen LogP contribution in [0.2, 0.25) is 0 Å². The molecule has 1 heterocycles. The van der Waals surface area contributed by atoms with Crippen molar-refractivity contribution in [3.63, 3.8) is 0 Å². The average Bonchev–Trinajstić information content (AvgIpc) is 2.62. The van der Waals surface area contributed by atoms with Gasteiger partial charge in [0.05, 0.1) is 11.4 Å². The third-order valence-electron chi connectivity index (χ3n) is 2.86. The molecule has 0 saturated heterocycles. The van der Waals surface area contributed by atoms with Gasteiger partial charge in [-0.2, -0.15) is 0 Å². The summed E-state index contributed by atoms with van der Waals surface area (Å²) in [5.74, 6) is 1.10. The summed E-state index contributed by atoms with van der Waals surface area (Å²) in [5, 5.41) is 0. The van der Waals surface area contributed by atoms with E-state index in [2.05, 4.69) is 46.2 Å². The maximum Gasteiger partial charge on any atom is 0.106 e. The van der Waals surface area contributed by atoms with Crippen molar-refractivity contribution in [1.29, 1.82) is 0 Å². The van der Waals surface area contributed by atoms with Gasteiger partial charge in [0.1, 0.15) is 5.82 Å². The number of aromatic amines is 1. The number of aryl methyl sites for hydroxylation is 1. The first-order chi connectivity index (χ1) is 7.90. The molecule has 0 aliphatic rings. The Hall–Kier alpha value is -1.05. The minimum absolute atomic E-state index is 0.0779. The molecule has 0 spiro atoms. The minimum Gasteiger partial charge on any atom is -0.342 e. The summed E-state index contributed by atoms with van der Waals surface area (Å²) in [6, 6.07) is 0. The predicted molar refractivity (Wildman–Crippen MR) is 75.2 cm³/mol. The van der Waals surface area contributed by atoms with Gasteiger partial charge in [-0.3, -0.25) is 0 Å². The van der Waals surface area contributed by atoms with Crippen molar-refractivity contribution in [3.05, 3.63) is 23.8 Å². The number of nitrogens with zero attached hydrogens (tertiary/aromatic N) is 1. The van der Waals surface area contributed by atoms with Gasteiger partial charge in [0, 0.05) is 11.8 Å². The fraction of sp³-hybridized carbons (Fsp3) is 0.667. The van der Waals surface area contributed by atoms with E-state index in [1.165, 1.54) is 17.0 Å². The smallest absolute Gasteiger partial charge is 0.106 e. The lowest BCUT2D eigenvalue weighted by atomic mass is 9.88. The number of nitrogens with one attached hydrogen (secondary N) is 1. The van der Waals surface area contributed by atoms with E-state index in [9.17, 15) is 0 Å². The van der Waals surface area contributed by atoms with Gasteiger partial charge in [-0.15, -0.1) is 0 Å².